The van der Waals surface area contributed by atoms with E-state index in [1.165, 1.54) is 0 Å². The van der Waals surface area contributed by atoms with Crippen LogP contribution in [0.4, 0.5) is 5.69 Å². The Labute approximate surface area is 127 Å². The van der Waals surface area contributed by atoms with E-state index in [1.54, 1.807) is 6.20 Å². The van der Waals surface area contributed by atoms with Gasteiger partial charge in [-0.2, -0.15) is 5.10 Å². The highest BCUT2D eigenvalue weighted by atomic mass is 16.2. The summed E-state index contributed by atoms with van der Waals surface area (Å²) >= 11 is 0. The van der Waals surface area contributed by atoms with Gasteiger partial charge in [-0.3, -0.25) is 9.48 Å². The van der Waals surface area contributed by atoms with Crippen LogP contribution in [0.1, 0.15) is 40.0 Å². The lowest BCUT2D eigenvalue weighted by Gasteiger charge is -2.17. The Morgan fingerprint density at radius 1 is 1.43 bits per heavy atom. The molecule has 6 nitrogen and oxygen atoms in total. The van der Waals surface area contributed by atoms with Gasteiger partial charge < -0.3 is 16.0 Å². The minimum absolute atomic E-state index is 0.133. The lowest BCUT2D eigenvalue weighted by atomic mass is 10.1. The lowest BCUT2D eigenvalue weighted by molar-refractivity contribution is -0.117. The number of nitrogens with zero attached hydrogens (tertiary/aromatic N) is 3. The monoisotopic (exact) mass is 295 g/mol. The Hall–Kier alpha value is -1.40. The standard InChI is InChI=1S/C15H29N5O/c1-4-7-8-14(16)15(21)18-13-11-17-20(12-13)10-9-19(5-2)6-3/h11-12,14H,4-10,16H2,1-3H3,(H,18,21). The summed E-state index contributed by atoms with van der Waals surface area (Å²) in [5, 5.41) is 7.09. The van der Waals surface area contributed by atoms with Gasteiger partial charge in [0.05, 0.1) is 24.5 Å². The van der Waals surface area contributed by atoms with Crippen LogP contribution >= 0.6 is 0 Å². The fourth-order valence-corrected chi connectivity index (χ4v) is 2.12. The average molecular weight is 295 g/mol. The van der Waals surface area contributed by atoms with Gasteiger partial charge in [0.15, 0.2) is 0 Å². The highest BCUT2D eigenvalue weighted by Gasteiger charge is 2.13. The summed E-state index contributed by atoms with van der Waals surface area (Å²) in [5.74, 6) is -0.133. The molecule has 0 saturated heterocycles. The summed E-state index contributed by atoms with van der Waals surface area (Å²) in [5.41, 5.74) is 6.56. The fourth-order valence-electron chi connectivity index (χ4n) is 2.12. The zero-order valence-corrected chi connectivity index (χ0v) is 13.5. The molecule has 1 atom stereocenters. The van der Waals surface area contributed by atoms with Gasteiger partial charge in [-0.15, -0.1) is 0 Å². The summed E-state index contributed by atoms with van der Waals surface area (Å²) in [6.45, 7) is 10.2. The normalized spacial score (nSPS) is 12.6. The van der Waals surface area contributed by atoms with Crippen LogP contribution in [0.15, 0.2) is 12.4 Å². The van der Waals surface area contributed by atoms with Gasteiger partial charge >= 0.3 is 0 Å². The van der Waals surface area contributed by atoms with E-state index in [2.05, 4.69) is 36.1 Å². The molecule has 0 fully saturated rings. The maximum absolute atomic E-state index is 11.9. The van der Waals surface area contributed by atoms with E-state index in [0.29, 0.717) is 5.69 Å². The third-order valence-corrected chi connectivity index (χ3v) is 3.65. The van der Waals surface area contributed by atoms with E-state index in [-0.39, 0.29) is 5.91 Å². The quantitative estimate of drug-likeness (QED) is 0.688. The topological polar surface area (TPSA) is 76.2 Å². The molecule has 0 radical (unpaired) electrons. The second-order valence-electron chi connectivity index (χ2n) is 5.26. The molecule has 0 aliphatic heterocycles. The second-order valence-corrected chi connectivity index (χ2v) is 5.26. The Bertz CT molecular complexity index is 414. The van der Waals surface area contributed by atoms with Crippen molar-refractivity contribution in [2.45, 2.75) is 52.6 Å². The number of carbonyl (C=O) groups is 1. The van der Waals surface area contributed by atoms with Gasteiger partial charge in [-0.25, -0.2) is 0 Å². The van der Waals surface area contributed by atoms with Gasteiger partial charge in [-0.05, 0) is 19.5 Å². The molecule has 0 saturated carbocycles. The molecule has 0 spiro atoms. The minimum atomic E-state index is -0.441. The Kier molecular flexibility index (Phi) is 8.00. The predicted molar refractivity (Wildman–Crippen MR) is 86.1 cm³/mol. The van der Waals surface area contributed by atoms with E-state index in [0.717, 1.165) is 45.4 Å². The number of nitrogens with one attached hydrogen (secondary N) is 1. The maximum atomic E-state index is 11.9. The highest BCUT2D eigenvalue weighted by molar-refractivity contribution is 5.94. The van der Waals surface area contributed by atoms with Gasteiger partial charge in [0.2, 0.25) is 5.91 Å². The molecule has 0 aliphatic carbocycles. The summed E-state index contributed by atoms with van der Waals surface area (Å²) in [4.78, 5) is 14.2. The Balaban J connectivity index is 2.42. The number of likely N-dealkylation sites (N-methyl/N-ethyl adjacent to an activating group) is 1. The Morgan fingerprint density at radius 2 is 2.14 bits per heavy atom. The van der Waals surface area contributed by atoms with Crippen molar-refractivity contribution < 1.29 is 4.79 Å². The molecule has 1 rings (SSSR count). The number of hydrogen-bond acceptors (Lipinski definition) is 4. The van der Waals surface area contributed by atoms with E-state index in [4.69, 9.17) is 5.73 Å². The zero-order valence-electron chi connectivity index (χ0n) is 13.5. The predicted octanol–water partition coefficient (Wildman–Crippen LogP) is 1.68. The van der Waals surface area contributed by atoms with Crippen LogP contribution in [0.3, 0.4) is 0 Å². The number of unbranched alkanes of at least 4 members (excludes halogenated alkanes) is 1. The molecule has 120 valence electrons. The minimum Gasteiger partial charge on any atom is -0.322 e. The highest BCUT2D eigenvalue weighted by Crippen LogP contribution is 2.07. The van der Waals surface area contributed by atoms with E-state index < -0.39 is 6.04 Å². The number of anilines is 1. The number of carbonyl (C=O) groups excluding carboxylic acids is 1. The number of nitrogens with two attached hydrogens (primary N) is 1. The molecule has 0 aliphatic rings. The molecule has 1 amide bonds. The largest absolute Gasteiger partial charge is 0.322 e. The molecule has 21 heavy (non-hydrogen) atoms. The van der Waals surface area contributed by atoms with Crippen molar-refractivity contribution in [3.63, 3.8) is 0 Å². The molecular weight excluding hydrogens is 266 g/mol. The number of aromatic nitrogens is 2. The van der Waals surface area contributed by atoms with Crippen LogP contribution < -0.4 is 11.1 Å². The molecular formula is C15H29N5O. The summed E-state index contributed by atoms with van der Waals surface area (Å²) in [7, 11) is 0. The van der Waals surface area contributed by atoms with Crippen LogP contribution in [0.25, 0.3) is 0 Å². The molecule has 0 bridgehead atoms. The first-order chi connectivity index (χ1) is 10.1. The van der Waals surface area contributed by atoms with Crippen LogP contribution in [-0.4, -0.2) is 46.3 Å². The second kappa shape index (κ2) is 9.52. The smallest absolute Gasteiger partial charge is 0.241 e. The van der Waals surface area contributed by atoms with Crippen LogP contribution in [0.2, 0.25) is 0 Å². The summed E-state index contributed by atoms with van der Waals surface area (Å²) in [6, 6.07) is -0.441. The van der Waals surface area contributed by atoms with E-state index >= 15 is 0 Å². The Morgan fingerprint density at radius 3 is 2.76 bits per heavy atom. The van der Waals surface area contributed by atoms with E-state index in [9.17, 15) is 4.79 Å². The van der Waals surface area contributed by atoms with Crippen molar-refractivity contribution in [2.75, 3.05) is 25.0 Å². The van der Waals surface area contributed by atoms with E-state index in [1.807, 2.05) is 10.9 Å². The molecule has 1 aromatic heterocycles. The molecule has 0 aromatic carbocycles. The van der Waals surface area contributed by atoms with Gasteiger partial charge in [0.1, 0.15) is 0 Å². The summed E-state index contributed by atoms with van der Waals surface area (Å²) < 4.78 is 1.85. The fraction of sp³-hybridized carbons (Fsp3) is 0.733. The number of rotatable bonds is 10. The first kappa shape index (κ1) is 17.7. The van der Waals surface area contributed by atoms with Crippen molar-refractivity contribution in [2.24, 2.45) is 5.73 Å². The van der Waals surface area contributed by atoms with Gasteiger partial charge in [0.25, 0.3) is 0 Å². The van der Waals surface area contributed by atoms with Crippen LogP contribution in [0, 0.1) is 0 Å². The van der Waals surface area contributed by atoms with Crippen LogP contribution in [0.5, 0.6) is 0 Å². The van der Waals surface area contributed by atoms with Crippen molar-refractivity contribution in [1.29, 1.82) is 0 Å². The third-order valence-electron chi connectivity index (χ3n) is 3.65. The van der Waals surface area contributed by atoms with Crippen molar-refractivity contribution >= 4 is 11.6 Å². The first-order valence-electron chi connectivity index (χ1n) is 7.91. The third kappa shape index (κ3) is 6.27. The van der Waals surface area contributed by atoms with Gasteiger partial charge in [0, 0.05) is 12.7 Å². The number of hydrogen-bond donors (Lipinski definition) is 2. The van der Waals surface area contributed by atoms with Gasteiger partial charge in [-0.1, -0.05) is 33.6 Å². The van der Waals surface area contributed by atoms with Crippen LogP contribution in [-0.2, 0) is 11.3 Å². The van der Waals surface area contributed by atoms with Crippen molar-refractivity contribution in [1.82, 2.24) is 14.7 Å². The lowest BCUT2D eigenvalue weighted by Crippen LogP contribution is -2.35. The molecule has 6 heteroatoms. The maximum Gasteiger partial charge on any atom is 0.241 e. The SMILES string of the molecule is CCCCC(N)C(=O)Nc1cnn(CCN(CC)CC)c1. The molecule has 1 unspecified atom stereocenters. The molecule has 1 heterocycles. The number of amides is 1. The molecule has 3 N–H and O–H groups in total. The van der Waals surface area contributed by atoms with Crippen molar-refractivity contribution in [3.05, 3.63) is 12.4 Å². The molecule has 1 aromatic rings. The summed E-state index contributed by atoms with van der Waals surface area (Å²) in [6.07, 6.45) is 6.26. The first-order valence-corrected chi connectivity index (χ1v) is 7.91. The zero-order chi connectivity index (χ0) is 15.7. The average Bonchev–Trinajstić information content (AvgIpc) is 2.93. The van der Waals surface area contributed by atoms with Crippen molar-refractivity contribution in [3.8, 4) is 0 Å².